The Morgan fingerprint density at radius 1 is 1.00 bits per heavy atom. The summed E-state index contributed by atoms with van der Waals surface area (Å²) in [7, 11) is 1.40. The van der Waals surface area contributed by atoms with Gasteiger partial charge in [0.05, 0.1) is 50.3 Å². The average Bonchev–Trinajstić information content (AvgIpc) is 3.03. The van der Waals surface area contributed by atoms with Crippen LogP contribution in [0.5, 0.6) is 0 Å². The number of nitriles is 2. The van der Waals surface area contributed by atoms with E-state index in [1.807, 2.05) is 27.7 Å². The zero-order valence-corrected chi connectivity index (χ0v) is 28.6. The van der Waals surface area contributed by atoms with Gasteiger partial charge in [0, 0.05) is 18.3 Å². The highest BCUT2D eigenvalue weighted by Crippen LogP contribution is 2.37. The van der Waals surface area contributed by atoms with Crippen LogP contribution in [0.25, 0.3) is 0 Å². The fraction of sp³-hybridized carbons (Fsp3) is 0.909. The number of esters is 1. The van der Waals surface area contributed by atoms with Crippen molar-refractivity contribution in [3.05, 3.63) is 0 Å². The number of unbranched alkanes of at least 4 members (excludes halogenated alkanes) is 5. The lowest BCUT2D eigenvalue weighted by molar-refractivity contribution is -0.324. The van der Waals surface area contributed by atoms with E-state index in [2.05, 4.69) is 29.5 Å². The van der Waals surface area contributed by atoms with Crippen molar-refractivity contribution in [3.8, 4) is 12.1 Å². The SMILES string of the molecule is CCC(C)C(O)CCC(C)OC1C(C#N)C(OCCCCCCCCC(=O)OC)OC(C)C1OC1OC(CO)CC(S)C1C#N. The molecule has 2 N–H and O–H groups in total. The molecule has 12 heteroatoms. The monoisotopic (exact) mass is 656 g/mol. The average molecular weight is 657 g/mol. The van der Waals surface area contributed by atoms with Gasteiger partial charge in [-0.3, -0.25) is 4.79 Å². The summed E-state index contributed by atoms with van der Waals surface area (Å²) in [4.78, 5) is 11.2. The second-order valence-electron chi connectivity index (χ2n) is 12.5. The third-order valence-electron chi connectivity index (χ3n) is 8.96. The third-order valence-corrected chi connectivity index (χ3v) is 9.49. The minimum absolute atomic E-state index is 0.167. The second-order valence-corrected chi connectivity index (χ2v) is 13.2. The smallest absolute Gasteiger partial charge is 0.305 e. The molecular formula is C33H56N2O9S. The summed E-state index contributed by atoms with van der Waals surface area (Å²) in [6, 6.07) is 4.56. The van der Waals surface area contributed by atoms with E-state index < -0.39 is 54.9 Å². The van der Waals surface area contributed by atoms with Gasteiger partial charge in [0.25, 0.3) is 0 Å². The Labute approximate surface area is 275 Å². The van der Waals surface area contributed by atoms with Crippen LogP contribution in [0.1, 0.15) is 98.3 Å². The number of rotatable bonds is 20. The number of nitrogens with zero attached hydrogens (tertiary/aromatic N) is 2. The molecule has 0 aromatic heterocycles. The number of hydrogen-bond donors (Lipinski definition) is 3. The summed E-state index contributed by atoms with van der Waals surface area (Å²) in [5, 5.41) is 40.1. The van der Waals surface area contributed by atoms with Gasteiger partial charge in [0.15, 0.2) is 12.6 Å². The van der Waals surface area contributed by atoms with E-state index in [9.17, 15) is 25.5 Å². The summed E-state index contributed by atoms with van der Waals surface area (Å²) < 4.78 is 35.8. The highest BCUT2D eigenvalue weighted by atomic mass is 32.1. The van der Waals surface area contributed by atoms with Crippen LogP contribution in [0, 0.1) is 40.4 Å². The molecule has 0 aliphatic carbocycles. The largest absolute Gasteiger partial charge is 0.469 e. The first-order valence-corrected chi connectivity index (χ1v) is 17.2. The van der Waals surface area contributed by atoms with Gasteiger partial charge < -0.3 is 38.6 Å². The van der Waals surface area contributed by atoms with E-state index in [0.717, 1.165) is 44.9 Å². The van der Waals surface area contributed by atoms with Gasteiger partial charge in [0.1, 0.15) is 24.0 Å². The predicted octanol–water partition coefficient (Wildman–Crippen LogP) is 4.68. The molecular weight excluding hydrogens is 600 g/mol. The second kappa shape index (κ2) is 21.4. The van der Waals surface area contributed by atoms with Gasteiger partial charge in [0.2, 0.25) is 0 Å². The van der Waals surface area contributed by atoms with Crippen LogP contribution < -0.4 is 0 Å². The van der Waals surface area contributed by atoms with Crippen molar-refractivity contribution in [2.45, 2.75) is 153 Å². The number of hydrogen-bond acceptors (Lipinski definition) is 12. The van der Waals surface area contributed by atoms with Crippen LogP contribution in [0.3, 0.4) is 0 Å². The van der Waals surface area contributed by atoms with E-state index in [0.29, 0.717) is 32.3 Å². The van der Waals surface area contributed by atoms with Crippen molar-refractivity contribution < 1.29 is 43.4 Å². The van der Waals surface area contributed by atoms with Gasteiger partial charge in [-0.05, 0) is 51.9 Å². The number of ether oxygens (including phenoxy) is 6. The Bertz CT molecular complexity index is 931. The lowest BCUT2D eigenvalue weighted by Gasteiger charge is -2.46. The maximum absolute atomic E-state index is 11.2. The summed E-state index contributed by atoms with van der Waals surface area (Å²) in [6.45, 7) is 7.98. The molecule has 258 valence electrons. The molecule has 2 aliphatic heterocycles. The molecule has 2 heterocycles. The molecule has 12 atom stereocenters. The molecule has 0 bridgehead atoms. The van der Waals surface area contributed by atoms with E-state index in [1.54, 1.807) is 0 Å². The molecule has 2 fully saturated rings. The van der Waals surface area contributed by atoms with Crippen molar-refractivity contribution in [1.29, 1.82) is 10.5 Å². The first-order valence-electron chi connectivity index (χ1n) is 16.7. The van der Waals surface area contributed by atoms with Crippen molar-refractivity contribution >= 4 is 18.6 Å². The first-order chi connectivity index (χ1) is 21.6. The quantitative estimate of drug-likeness (QED) is 0.0948. The van der Waals surface area contributed by atoms with Crippen molar-refractivity contribution in [2.24, 2.45) is 17.8 Å². The Morgan fingerprint density at radius 3 is 2.29 bits per heavy atom. The highest BCUT2D eigenvalue weighted by Gasteiger charge is 2.50. The molecule has 2 saturated heterocycles. The van der Waals surface area contributed by atoms with Gasteiger partial charge in [-0.1, -0.05) is 46.0 Å². The first kappa shape index (κ1) is 39.7. The topological polar surface area (TPSA) is 160 Å². The molecule has 2 rings (SSSR count). The minimum atomic E-state index is -0.988. The molecule has 0 saturated carbocycles. The molecule has 0 aromatic carbocycles. The zero-order valence-electron chi connectivity index (χ0n) is 27.7. The fourth-order valence-corrected chi connectivity index (χ4v) is 6.21. The van der Waals surface area contributed by atoms with E-state index in [4.69, 9.17) is 23.7 Å². The molecule has 0 aromatic rings. The molecule has 45 heavy (non-hydrogen) atoms. The molecule has 0 radical (unpaired) electrons. The standard InChI is InChI=1S/C33H56N2O9S/c1-6-21(2)27(37)15-14-22(3)41-31-26(19-35)32(40-16-12-10-8-7-9-11-13-29(38)39-5)42-23(4)30(31)44-33-25(18-34)28(45)17-24(20-36)43-33/h21-28,30-33,36-37,45H,6-17,20H2,1-5H3. The number of methoxy groups -OCH3 is 1. The van der Waals surface area contributed by atoms with Gasteiger partial charge in [-0.2, -0.15) is 23.2 Å². The number of thiol groups is 1. The maximum Gasteiger partial charge on any atom is 0.305 e. The van der Waals surface area contributed by atoms with Crippen LogP contribution >= 0.6 is 12.6 Å². The van der Waals surface area contributed by atoms with Gasteiger partial charge in [-0.15, -0.1) is 0 Å². The number of carbonyl (C=O) groups excluding carboxylic acids is 1. The van der Waals surface area contributed by atoms with Crippen molar-refractivity contribution in [1.82, 2.24) is 0 Å². The Hall–Kier alpha value is -1.48. The summed E-state index contributed by atoms with van der Waals surface area (Å²) in [5.74, 6) is -1.53. The molecule has 11 nitrogen and oxygen atoms in total. The number of aliphatic hydroxyl groups is 2. The maximum atomic E-state index is 11.2. The molecule has 0 spiro atoms. The van der Waals surface area contributed by atoms with Crippen LogP contribution in [0.15, 0.2) is 0 Å². The third kappa shape index (κ3) is 12.9. The van der Waals surface area contributed by atoms with E-state index in [-0.39, 0.29) is 29.8 Å². The van der Waals surface area contributed by atoms with Crippen LogP contribution in [0.2, 0.25) is 0 Å². The van der Waals surface area contributed by atoms with Crippen LogP contribution in [0.4, 0.5) is 0 Å². The number of aliphatic hydroxyl groups excluding tert-OH is 2. The summed E-state index contributed by atoms with van der Waals surface area (Å²) >= 11 is 4.57. The molecule has 12 unspecified atom stereocenters. The predicted molar refractivity (Wildman–Crippen MR) is 170 cm³/mol. The number of carbonyl (C=O) groups is 1. The fourth-order valence-electron chi connectivity index (χ4n) is 5.77. The highest BCUT2D eigenvalue weighted by molar-refractivity contribution is 7.81. The lowest BCUT2D eigenvalue weighted by atomic mass is 9.90. The van der Waals surface area contributed by atoms with Gasteiger partial charge >= 0.3 is 5.97 Å². The van der Waals surface area contributed by atoms with Crippen molar-refractivity contribution in [2.75, 3.05) is 20.3 Å². The lowest BCUT2D eigenvalue weighted by Crippen LogP contribution is -2.59. The minimum Gasteiger partial charge on any atom is -0.469 e. The van der Waals surface area contributed by atoms with E-state index >= 15 is 0 Å². The Morgan fingerprint density at radius 2 is 1.67 bits per heavy atom. The Balaban J connectivity index is 2.08. The normalized spacial score (nSPS) is 32.2. The van der Waals surface area contributed by atoms with Gasteiger partial charge in [-0.25, -0.2) is 0 Å². The zero-order chi connectivity index (χ0) is 33.4. The summed E-state index contributed by atoms with van der Waals surface area (Å²) in [5.41, 5.74) is 0. The molecule has 0 amide bonds. The Kier molecular flexibility index (Phi) is 18.9. The van der Waals surface area contributed by atoms with E-state index in [1.165, 1.54) is 7.11 Å². The van der Waals surface area contributed by atoms with Crippen LogP contribution in [-0.2, 0) is 33.2 Å². The van der Waals surface area contributed by atoms with Crippen molar-refractivity contribution in [3.63, 3.8) is 0 Å². The summed E-state index contributed by atoms with van der Waals surface area (Å²) in [6.07, 6.45) is 3.23. The molecule has 2 aliphatic rings. The van der Waals surface area contributed by atoms with Crippen LogP contribution in [-0.4, -0.2) is 91.0 Å².